The molecular formula is C13H18N4O. The van der Waals surface area contributed by atoms with Gasteiger partial charge in [0, 0.05) is 25.8 Å². The molecule has 0 saturated carbocycles. The highest BCUT2D eigenvalue weighted by atomic mass is 16.5. The fraction of sp³-hybridized carbons (Fsp3) is 0.538. The van der Waals surface area contributed by atoms with Crippen LogP contribution in [0.4, 0.5) is 5.82 Å². The van der Waals surface area contributed by atoms with Crippen LogP contribution in [0.25, 0.3) is 0 Å². The number of nitrogens with zero attached hydrogens (tertiary/aromatic N) is 3. The number of aromatic nitrogens is 1. The number of rotatable bonds is 5. The van der Waals surface area contributed by atoms with E-state index >= 15 is 0 Å². The highest BCUT2D eigenvalue weighted by Crippen LogP contribution is 2.04. The largest absolute Gasteiger partial charge is 0.379 e. The first-order valence-corrected chi connectivity index (χ1v) is 6.28. The van der Waals surface area contributed by atoms with Crippen LogP contribution in [0.5, 0.6) is 0 Å². The van der Waals surface area contributed by atoms with Gasteiger partial charge in [0.05, 0.1) is 18.8 Å². The Bertz CT molecular complexity index is 392. The molecule has 0 unspecified atom stereocenters. The molecule has 2 rings (SSSR count). The summed E-state index contributed by atoms with van der Waals surface area (Å²) in [5.41, 5.74) is 0.592. The lowest BCUT2D eigenvalue weighted by Gasteiger charge is -2.26. The van der Waals surface area contributed by atoms with E-state index in [4.69, 9.17) is 10.00 Å². The lowest BCUT2D eigenvalue weighted by atomic mass is 10.3. The van der Waals surface area contributed by atoms with Crippen LogP contribution in [-0.2, 0) is 4.74 Å². The second-order valence-electron chi connectivity index (χ2n) is 4.28. The molecule has 1 aliphatic heterocycles. The van der Waals surface area contributed by atoms with Crippen molar-refractivity contribution in [3.63, 3.8) is 0 Å². The fourth-order valence-corrected chi connectivity index (χ4v) is 1.91. The average Bonchev–Trinajstić information content (AvgIpc) is 2.45. The summed E-state index contributed by atoms with van der Waals surface area (Å²) in [6.45, 7) is 5.77. The zero-order valence-electron chi connectivity index (χ0n) is 10.4. The number of hydrogen-bond donors (Lipinski definition) is 1. The minimum absolute atomic E-state index is 0.592. The van der Waals surface area contributed by atoms with Crippen LogP contribution in [0.3, 0.4) is 0 Å². The van der Waals surface area contributed by atoms with Gasteiger partial charge in [-0.3, -0.25) is 4.90 Å². The number of morpholine rings is 1. The highest BCUT2D eigenvalue weighted by Gasteiger charge is 2.08. The average molecular weight is 246 g/mol. The van der Waals surface area contributed by atoms with Crippen LogP contribution in [0, 0.1) is 11.3 Å². The van der Waals surface area contributed by atoms with Gasteiger partial charge < -0.3 is 10.1 Å². The number of nitriles is 1. The molecule has 0 spiro atoms. The number of ether oxygens (including phenoxy) is 1. The van der Waals surface area contributed by atoms with Crippen molar-refractivity contribution in [2.24, 2.45) is 0 Å². The minimum Gasteiger partial charge on any atom is -0.379 e. The van der Waals surface area contributed by atoms with E-state index in [-0.39, 0.29) is 0 Å². The molecule has 96 valence electrons. The molecule has 0 bridgehead atoms. The van der Waals surface area contributed by atoms with Gasteiger partial charge in [-0.15, -0.1) is 0 Å². The van der Waals surface area contributed by atoms with Crippen LogP contribution >= 0.6 is 0 Å². The molecule has 18 heavy (non-hydrogen) atoms. The van der Waals surface area contributed by atoms with Crippen LogP contribution in [0.1, 0.15) is 12.0 Å². The summed E-state index contributed by atoms with van der Waals surface area (Å²) in [6, 6.07) is 5.67. The third kappa shape index (κ3) is 3.99. The molecule has 0 radical (unpaired) electrons. The maximum absolute atomic E-state index is 8.66. The summed E-state index contributed by atoms with van der Waals surface area (Å²) in [4.78, 5) is 6.58. The van der Waals surface area contributed by atoms with E-state index < -0.39 is 0 Å². The molecule has 1 aliphatic rings. The van der Waals surface area contributed by atoms with Crippen molar-refractivity contribution in [2.75, 3.05) is 44.7 Å². The number of pyridine rings is 1. The lowest BCUT2D eigenvalue weighted by molar-refractivity contribution is 0.0378. The molecule has 1 N–H and O–H groups in total. The summed E-state index contributed by atoms with van der Waals surface area (Å²) in [6.07, 6.45) is 2.67. The summed E-state index contributed by atoms with van der Waals surface area (Å²) in [5.74, 6) is 0.830. The van der Waals surface area contributed by atoms with Gasteiger partial charge >= 0.3 is 0 Å². The Labute approximate surface area is 107 Å². The van der Waals surface area contributed by atoms with Crippen molar-refractivity contribution in [1.82, 2.24) is 9.88 Å². The molecule has 0 aromatic carbocycles. The second kappa shape index (κ2) is 6.94. The molecule has 1 fully saturated rings. The number of nitrogens with one attached hydrogen (secondary N) is 1. The van der Waals surface area contributed by atoms with Crippen molar-refractivity contribution in [3.8, 4) is 6.07 Å². The Morgan fingerprint density at radius 3 is 2.89 bits per heavy atom. The molecular weight excluding hydrogens is 228 g/mol. The third-order valence-corrected chi connectivity index (χ3v) is 2.95. The third-order valence-electron chi connectivity index (χ3n) is 2.95. The number of anilines is 1. The van der Waals surface area contributed by atoms with E-state index in [0.29, 0.717) is 5.56 Å². The van der Waals surface area contributed by atoms with Crippen molar-refractivity contribution >= 4 is 5.82 Å². The van der Waals surface area contributed by atoms with Gasteiger partial charge in [-0.25, -0.2) is 4.98 Å². The lowest BCUT2D eigenvalue weighted by Crippen LogP contribution is -2.37. The summed E-state index contributed by atoms with van der Waals surface area (Å²) in [5, 5.41) is 11.9. The van der Waals surface area contributed by atoms with E-state index in [0.717, 1.165) is 51.6 Å². The molecule has 0 atom stereocenters. The Kier molecular flexibility index (Phi) is 4.94. The van der Waals surface area contributed by atoms with Crippen molar-refractivity contribution in [3.05, 3.63) is 23.9 Å². The van der Waals surface area contributed by atoms with Gasteiger partial charge in [0.2, 0.25) is 0 Å². The minimum atomic E-state index is 0.592. The first-order valence-electron chi connectivity index (χ1n) is 6.28. The maximum Gasteiger partial charge on any atom is 0.125 e. The van der Waals surface area contributed by atoms with Gasteiger partial charge in [-0.1, -0.05) is 0 Å². The first kappa shape index (κ1) is 12.8. The Balaban J connectivity index is 1.63. The van der Waals surface area contributed by atoms with Gasteiger partial charge in [-0.2, -0.15) is 5.26 Å². The van der Waals surface area contributed by atoms with Crippen molar-refractivity contribution in [2.45, 2.75) is 6.42 Å². The normalized spacial score (nSPS) is 16.2. The zero-order valence-corrected chi connectivity index (χ0v) is 10.4. The highest BCUT2D eigenvalue weighted by molar-refractivity contribution is 5.38. The Morgan fingerprint density at radius 2 is 2.22 bits per heavy atom. The Hall–Kier alpha value is -1.64. The molecule has 1 aromatic rings. The van der Waals surface area contributed by atoms with Gasteiger partial charge in [-0.05, 0) is 25.1 Å². The van der Waals surface area contributed by atoms with Gasteiger partial charge in [0.15, 0.2) is 0 Å². The van der Waals surface area contributed by atoms with E-state index in [1.165, 1.54) is 0 Å². The summed E-state index contributed by atoms with van der Waals surface area (Å²) >= 11 is 0. The summed E-state index contributed by atoms with van der Waals surface area (Å²) < 4.78 is 5.30. The molecule has 0 amide bonds. The molecule has 1 saturated heterocycles. The first-order chi connectivity index (χ1) is 8.88. The predicted molar refractivity (Wildman–Crippen MR) is 69.3 cm³/mol. The molecule has 5 nitrogen and oxygen atoms in total. The van der Waals surface area contributed by atoms with E-state index in [2.05, 4.69) is 21.3 Å². The standard InChI is InChI=1S/C13H18N4O/c14-10-12-2-3-13(16-11-12)15-4-1-5-17-6-8-18-9-7-17/h2-3,11H,1,4-9H2,(H,15,16). The van der Waals surface area contributed by atoms with E-state index in [1.807, 2.05) is 6.07 Å². The predicted octanol–water partition coefficient (Wildman–Crippen LogP) is 1.09. The topological polar surface area (TPSA) is 61.2 Å². The maximum atomic E-state index is 8.66. The molecule has 5 heteroatoms. The SMILES string of the molecule is N#Cc1ccc(NCCCN2CCOCC2)nc1. The van der Waals surface area contributed by atoms with Crippen LogP contribution < -0.4 is 5.32 Å². The fourth-order valence-electron chi connectivity index (χ4n) is 1.91. The van der Waals surface area contributed by atoms with Crippen molar-refractivity contribution < 1.29 is 4.74 Å². The van der Waals surface area contributed by atoms with Gasteiger partial charge in [0.25, 0.3) is 0 Å². The molecule has 0 aliphatic carbocycles. The van der Waals surface area contributed by atoms with Crippen molar-refractivity contribution in [1.29, 1.82) is 5.26 Å². The van der Waals surface area contributed by atoms with Crippen LogP contribution in [0.2, 0.25) is 0 Å². The monoisotopic (exact) mass is 246 g/mol. The Morgan fingerprint density at radius 1 is 1.39 bits per heavy atom. The summed E-state index contributed by atoms with van der Waals surface area (Å²) in [7, 11) is 0. The second-order valence-corrected chi connectivity index (χ2v) is 4.28. The van der Waals surface area contributed by atoms with E-state index in [9.17, 15) is 0 Å². The van der Waals surface area contributed by atoms with Crippen LogP contribution in [-0.4, -0.2) is 49.3 Å². The zero-order chi connectivity index (χ0) is 12.6. The molecule has 2 heterocycles. The number of hydrogen-bond acceptors (Lipinski definition) is 5. The quantitative estimate of drug-likeness (QED) is 0.788. The molecule has 1 aromatic heterocycles. The smallest absolute Gasteiger partial charge is 0.125 e. The van der Waals surface area contributed by atoms with Crippen LogP contribution in [0.15, 0.2) is 18.3 Å². The van der Waals surface area contributed by atoms with Gasteiger partial charge in [0.1, 0.15) is 11.9 Å². The van der Waals surface area contributed by atoms with E-state index in [1.54, 1.807) is 12.3 Å².